The maximum atomic E-state index is 12.3. The van der Waals surface area contributed by atoms with E-state index >= 15 is 0 Å². The molecule has 0 saturated heterocycles. The van der Waals surface area contributed by atoms with Crippen LogP contribution >= 0.6 is 0 Å². The van der Waals surface area contributed by atoms with Gasteiger partial charge in [-0.2, -0.15) is 0 Å². The summed E-state index contributed by atoms with van der Waals surface area (Å²) in [6.45, 7) is 4.53. The Kier molecular flexibility index (Phi) is 5.26. The molecular weight excluding hydrogens is 236 g/mol. The molecule has 5 atom stereocenters. The van der Waals surface area contributed by atoms with Gasteiger partial charge >= 0.3 is 0 Å². The third-order valence-corrected chi connectivity index (χ3v) is 5.23. The van der Waals surface area contributed by atoms with Gasteiger partial charge in [0, 0.05) is 18.0 Å². The Labute approximate surface area is 117 Å². The Morgan fingerprint density at radius 2 is 1.84 bits per heavy atom. The van der Waals surface area contributed by atoms with Gasteiger partial charge in [-0.25, -0.2) is 0 Å². The van der Waals surface area contributed by atoms with Crippen LogP contribution < -0.4 is 11.1 Å². The van der Waals surface area contributed by atoms with E-state index < -0.39 is 0 Å². The summed E-state index contributed by atoms with van der Waals surface area (Å²) >= 11 is 0. The highest BCUT2D eigenvalue weighted by Gasteiger charge is 2.30. The minimum atomic E-state index is 0.159. The Hall–Kier alpha value is -0.570. The Bertz CT molecular complexity index is 305. The van der Waals surface area contributed by atoms with Crippen LogP contribution in [-0.4, -0.2) is 18.0 Å². The van der Waals surface area contributed by atoms with Gasteiger partial charge < -0.3 is 11.1 Å². The first-order valence-corrected chi connectivity index (χ1v) is 8.12. The Balaban J connectivity index is 1.80. The number of hydrogen-bond donors (Lipinski definition) is 2. The van der Waals surface area contributed by atoms with Gasteiger partial charge in [-0.15, -0.1) is 0 Å². The quantitative estimate of drug-likeness (QED) is 0.755. The van der Waals surface area contributed by atoms with E-state index in [4.69, 9.17) is 5.73 Å². The van der Waals surface area contributed by atoms with Crippen LogP contribution in [0.4, 0.5) is 0 Å². The zero-order chi connectivity index (χ0) is 13.8. The molecule has 0 aromatic rings. The minimum Gasteiger partial charge on any atom is -0.353 e. The fourth-order valence-corrected chi connectivity index (χ4v) is 3.55. The first kappa shape index (κ1) is 14.8. The van der Waals surface area contributed by atoms with Crippen LogP contribution in [0.1, 0.15) is 65.2 Å². The lowest BCUT2D eigenvalue weighted by molar-refractivity contribution is -0.127. The van der Waals surface area contributed by atoms with Crippen molar-refractivity contribution >= 4 is 5.91 Å². The van der Waals surface area contributed by atoms with Crippen molar-refractivity contribution < 1.29 is 4.79 Å². The van der Waals surface area contributed by atoms with E-state index in [-0.39, 0.29) is 17.9 Å². The van der Waals surface area contributed by atoms with E-state index in [1.165, 1.54) is 19.3 Å². The molecule has 3 heteroatoms. The summed E-state index contributed by atoms with van der Waals surface area (Å²) in [5.41, 5.74) is 6.10. The van der Waals surface area contributed by atoms with Crippen molar-refractivity contribution in [1.82, 2.24) is 5.32 Å². The molecule has 2 aliphatic carbocycles. The van der Waals surface area contributed by atoms with Crippen molar-refractivity contribution in [2.75, 3.05) is 0 Å². The van der Waals surface area contributed by atoms with Crippen LogP contribution in [0.15, 0.2) is 0 Å². The summed E-state index contributed by atoms with van der Waals surface area (Å²) in [5.74, 6) is 1.82. The number of hydrogen-bond acceptors (Lipinski definition) is 2. The third kappa shape index (κ3) is 4.20. The smallest absolute Gasteiger partial charge is 0.223 e. The van der Waals surface area contributed by atoms with E-state index in [0.29, 0.717) is 12.0 Å². The van der Waals surface area contributed by atoms with Gasteiger partial charge in [0.25, 0.3) is 0 Å². The molecule has 5 unspecified atom stereocenters. The summed E-state index contributed by atoms with van der Waals surface area (Å²) in [7, 11) is 0. The van der Waals surface area contributed by atoms with Gasteiger partial charge in [-0.05, 0) is 50.4 Å². The molecule has 0 radical (unpaired) electrons. The van der Waals surface area contributed by atoms with Crippen molar-refractivity contribution in [1.29, 1.82) is 0 Å². The summed E-state index contributed by atoms with van der Waals surface area (Å²) in [6.07, 6.45) is 9.13. The minimum absolute atomic E-state index is 0.159. The van der Waals surface area contributed by atoms with Crippen molar-refractivity contribution in [3.63, 3.8) is 0 Å². The lowest BCUT2D eigenvalue weighted by atomic mass is 9.79. The summed E-state index contributed by atoms with van der Waals surface area (Å²) in [4.78, 5) is 12.3. The largest absolute Gasteiger partial charge is 0.353 e. The highest BCUT2D eigenvalue weighted by molar-refractivity contribution is 5.79. The van der Waals surface area contributed by atoms with Crippen LogP contribution in [0.2, 0.25) is 0 Å². The molecule has 2 saturated carbocycles. The van der Waals surface area contributed by atoms with Gasteiger partial charge in [-0.1, -0.05) is 26.7 Å². The second-order valence-corrected chi connectivity index (χ2v) is 6.97. The second-order valence-electron chi connectivity index (χ2n) is 6.97. The maximum Gasteiger partial charge on any atom is 0.223 e. The average molecular weight is 266 g/mol. The fourth-order valence-electron chi connectivity index (χ4n) is 3.55. The maximum absolute atomic E-state index is 12.3. The van der Waals surface area contributed by atoms with Gasteiger partial charge in [0.05, 0.1) is 0 Å². The van der Waals surface area contributed by atoms with Crippen molar-refractivity contribution in [2.45, 2.75) is 77.3 Å². The summed E-state index contributed by atoms with van der Waals surface area (Å²) < 4.78 is 0. The molecular formula is C16H30N2O. The van der Waals surface area contributed by atoms with Crippen LogP contribution in [0, 0.1) is 17.8 Å². The molecule has 0 bridgehead atoms. The number of carbonyl (C=O) groups excluding carboxylic acids is 1. The molecule has 2 aliphatic rings. The SMILES string of the molecule is CC1CCCC(NC(=O)C2CCC(C)C(N)C2)CC1. The Morgan fingerprint density at radius 1 is 1.05 bits per heavy atom. The molecule has 2 fully saturated rings. The fraction of sp³-hybridized carbons (Fsp3) is 0.938. The third-order valence-electron chi connectivity index (χ3n) is 5.23. The normalized spacial score (nSPS) is 40.5. The summed E-state index contributed by atoms with van der Waals surface area (Å²) in [5, 5.41) is 3.29. The second kappa shape index (κ2) is 6.74. The van der Waals surface area contributed by atoms with Crippen molar-refractivity contribution in [2.24, 2.45) is 23.5 Å². The predicted octanol–water partition coefficient (Wildman–Crippen LogP) is 2.83. The van der Waals surface area contributed by atoms with E-state index in [1.54, 1.807) is 0 Å². The highest BCUT2D eigenvalue weighted by Crippen LogP contribution is 2.28. The number of nitrogens with two attached hydrogens (primary N) is 1. The highest BCUT2D eigenvalue weighted by atomic mass is 16.1. The number of carbonyl (C=O) groups is 1. The molecule has 0 aromatic heterocycles. The molecule has 19 heavy (non-hydrogen) atoms. The van der Waals surface area contributed by atoms with E-state index in [0.717, 1.165) is 38.0 Å². The lowest BCUT2D eigenvalue weighted by Gasteiger charge is -2.32. The molecule has 3 nitrogen and oxygen atoms in total. The van der Waals surface area contributed by atoms with Crippen LogP contribution in [0.5, 0.6) is 0 Å². The monoisotopic (exact) mass is 266 g/mol. The molecule has 3 N–H and O–H groups in total. The number of nitrogens with one attached hydrogen (secondary N) is 1. The first-order chi connectivity index (χ1) is 9.06. The average Bonchev–Trinajstić information content (AvgIpc) is 2.58. The van der Waals surface area contributed by atoms with Crippen LogP contribution in [0.3, 0.4) is 0 Å². The number of amides is 1. The van der Waals surface area contributed by atoms with Crippen LogP contribution in [-0.2, 0) is 4.79 Å². The molecule has 0 heterocycles. The van der Waals surface area contributed by atoms with Crippen LogP contribution in [0.25, 0.3) is 0 Å². The molecule has 2 rings (SSSR count). The first-order valence-electron chi connectivity index (χ1n) is 8.12. The summed E-state index contributed by atoms with van der Waals surface area (Å²) in [6, 6.07) is 0.617. The van der Waals surface area contributed by atoms with Crippen molar-refractivity contribution in [3.05, 3.63) is 0 Å². The zero-order valence-electron chi connectivity index (χ0n) is 12.5. The molecule has 1 amide bonds. The van der Waals surface area contributed by atoms with Gasteiger partial charge in [0.2, 0.25) is 5.91 Å². The predicted molar refractivity (Wildman–Crippen MR) is 78.7 cm³/mol. The lowest BCUT2D eigenvalue weighted by Crippen LogP contribution is -2.44. The topological polar surface area (TPSA) is 55.1 Å². The van der Waals surface area contributed by atoms with E-state index in [2.05, 4.69) is 19.2 Å². The van der Waals surface area contributed by atoms with Gasteiger partial charge in [0.15, 0.2) is 0 Å². The molecule has 0 spiro atoms. The van der Waals surface area contributed by atoms with E-state index in [9.17, 15) is 4.79 Å². The zero-order valence-corrected chi connectivity index (χ0v) is 12.5. The molecule has 0 aliphatic heterocycles. The van der Waals surface area contributed by atoms with Gasteiger partial charge in [-0.3, -0.25) is 4.79 Å². The standard InChI is InChI=1S/C16H30N2O/c1-11-4-3-5-14(9-6-11)18-16(19)13-8-7-12(2)15(17)10-13/h11-15H,3-10,17H2,1-2H3,(H,18,19). The Morgan fingerprint density at radius 3 is 2.58 bits per heavy atom. The van der Waals surface area contributed by atoms with E-state index in [1.807, 2.05) is 0 Å². The van der Waals surface area contributed by atoms with Gasteiger partial charge in [0.1, 0.15) is 0 Å². The number of rotatable bonds is 2. The molecule has 110 valence electrons. The van der Waals surface area contributed by atoms with Crippen molar-refractivity contribution in [3.8, 4) is 0 Å². The molecule has 0 aromatic carbocycles.